The van der Waals surface area contributed by atoms with Crippen molar-refractivity contribution in [3.63, 3.8) is 0 Å². The highest BCUT2D eigenvalue weighted by molar-refractivity contribution is 5.91. The highest BCUT2D eigenvalue weighted by Crippen LogP contribution is 2.05. The maximum absolute atomic E-state index is 11.3. The van der Waals surface area contributed by atoms with Crippen LogP contribution in [0.2, 0.25) is 0 Å². The minimum Gasteiger partial charge on any atom is -0.466 e. The predicted octanol–water partition coefficient (Wildman–Crippen LogP) is 2.05. The molecule has 0 bridgehead atoms. The Labute approximate surface area is 108 Å². The molecule has 0 aliphatic carbocycles. The molecule has 0 N–H and O–H groups in total. The molecule has 0 aliphatic rings. The number of carbonyl (C=O) groups excluding carboxylic acids is 2. The Kier molecular flexibility index (Phi) is 4.39. The molecule has 0 spiro atoms. The monoisotopic (exact) mass is 264 g/mol. The van der Waals surface area contributed by atoms with Crippen molar-refractivity contribution >= 4 is 11.9 Å². The average molecular weight is 264 g/mol. The normalized spacial score (nSPS) is 10.1. The fourth-order valence-corrected chi connectivity index (χ4v) is 1.31. The SMILES string of the molecule is O=C(CC(=O)OCc1ccco1)OCc1ccco1. The Morgan fingerprint density at radius 1 is 0.895 bits per heavy atom. The molecule has 0 atom stereocenters. The van der Waals surface area contributed by atoms with Gasteiger partial charge in [-0.2, -0.15) is 0 Å². The van der Waals surface area contributed by atoms with Crippen molar-refractivity contribution in [2.45, 2.75) is 19.6 Å². The summed E-state index contributed by atoms with van der Waals surface area (Å²) in [6.45, 7) is -0.00536. The van der Waals surface area contributed by atoms with Gasteiger partial charge in [0.1, 0.15) is 31.2 Å². The van der Waals surface area contributed by atoms with E-state index in [1.54, 1.807) is 24.3 Å². The van der Waals surface area contributed by atoms with Crippen molar-refractivity contribution in [3.05, 3.63) is 48.3 Å². The Bertz CT molecular complexity index is 463. The zero-order valence-electron chi connectivity index (χ0n) is 10.0. The Morgan fingerprint density at radius 2 is 1.37 bits per heavy atom. The third kappa shape index (κ3) is 4.34. The van der Waals surface area contributed by atoms with Crippen LogP contribution in [-0.2, 0) is 32.3 Å². The maximum atomic E-state index is 11.3. The van der Waals surface area contributed by atoms with Gasteiger partial charge in [-0.15, -0.1) is 0 Å². The van der Waals surface area contributed by atoms with Gasteiger partial charge >= 0.3 is 11.9 Å². The van der Waals surface area contributed by atoms with Crippen molar-refractivity contribution in [3.8, 4) is 0 Å². The van der Waals surface area contributed by atoms with E-state index >= 15 is 0 Å². The molecule has 19 heavy (non-hydrogen) atoms. The van der Waals surface area contributed by atoms with Crippen LogP contribution in [0.4, 0.5) is 0 Å². The Balaban J connectivity index is 1.65. The van der Waals surface area contributed by atoms with Crippen LogP contribution in [0.15, 0.2) is 45.6 Å². The van der Waals surface area contributed by atoms with Crippen LogP contribution in [0.5, 0.6) is 0 Å². The molecule has 6 heteroatoms. The first-order chi connectivity index (χ1) is 9.24. The van der Waals surface area contributed by atoms with Crippen molar-refractivity contribution in [1.29, 1.82) is 0 Å². The zero-order chi connectivity index (χ0) is 13.5. The molecular weight excluding hydrogens is 252 g/mol. The summed E-state index contributed by atoms with van der Waals surface area (Å²) in [6.07, 6.45) is 2.50. The molecule has 0 aliphatic heterocycles. The predicted molar refractivity (Wildman–Crippen MR) is 61.6 cm³/mol. The third-order valence-corrected chi connectivity index (χ3v) is 2.20. The van der Waals surface area contributed by atoms with Crippen LogP contribution >= 0.6 is 0 Å². The van der Waals surface area contributed by atoms with Gasteiger partial charge in [0.2, 0.25) is 0 Å². The molecule has 0 radical (unpaired) electrons. The summed E-state index contributed by atoms with van der Waals surface area (Å²) in [7, 11) is 0. The molecule has 2 rings (SSSR count). The minimum absolute atomic E-state index is 0.00268. The van der Waals surface area contributed by atoms with E-state index < -0.39 is 18.4 Å². The number of rotatable bonds is 6. The van der Waals surface area contributed by atoms with Gasteiger partial charge in [0.25, 0.3) is 0 Å². The van der Waals surface area contributed by atoms with Gasteiger partial charge in [-0.05, 0) is 24.3 Å². The summed E-state index contributed by atoms with van der Waals surface area (Å²) < 4.78 is 19.6. The van der Waals surface area contributed by atoms with Crippen molar-refractivity contribution in [2.75, 3.05) is 0 Å². The topological polar surface area (TPSA) is 78.9 Å². The standard InChI is InChI=1S/C13H12O6/c14-12(18-8-10-3-1-5-16-10)7-13(15)19-9-11-4-2-6-17-11/h1-6H,7-9H2. The lowest BCUT2D eigenvalue weighted by Crippen LogP contribution is -2.13. The maximum Gasteiger partial charge on any atom is 0.317 e. The second-order valence-corrected chi connectivity index (χ2v) is 3.66. The lowest BCUT2D eigenvalue weighted by Gasteiger charge is -2.03. The number of esters is 2. The molecule has 2 heterocycles. The van der Waals surface area contributed by atoms with Crippen LogP contribution < -0.4 is 0 Å². The van der Waals surface area contributed by atoms with E-state index in [0.29, 0.717) is 11.5 Å². The van der Waals surface area contributed by atoms with E-state index in [-0.39, 0.29) is 13.2 Å². The first-order valence-corrected chi connectivity index (χ1v) is 5.60. The van der Waals surface area contributed by atoms with Crippen molar-refractivity contribution < 1.29 is 27.9 Å². The van der Waals surface area contributed by atoms with Gasteiger partial charge in [0, 0.05) is 0 Å². The summed E-state index contributed by atoms with van der Waals surface area (Å²) >= 11 is 0. The molecule has 2 aromatic heterocycles. The molecule has 0 saturated carbocycles. The average Bonchev–Trinajstić information content (AvgIpc) is 3.07. The molecule has 2 aromatic rings. The summed E-state index contributed by atoms with van der Waals surface area (Å²) in [4.78, 5) is 22.6. The Morgan fingerprint density at radius 3 is 1.74 bits per heavy atom. The van der Waals surface area contributed by atoms with E-state index in [2.05, 4.69) is 0 Å². The van der Waals surface area contributed by atoms with Gasteiger partial charge in [0.15, 0.2) is 0 Å². The summed E-state index contributed by atoms with van der Waals surface area (Å²) in [5.41, 5.74) is 0. The van der Waals surface area contributed by atoms with Crippen LogP contribution in [0.1, 0.15) is 17.9 Å². The van der Waals surface area contributed by atoms with Gasteiger partial charge < -0.3 is 18.3 Å². The van der Waals surface area contributed by atoms with Gasteiger partial charge in [-0.25, -0.2) is 0 Å². The number of furan rings is 2. The Hall–Kier alpha value is -2.50. The van der Waals surface area contributed by atoms with Gasteiger partial charge in [-0.3, -0.25) is 9.59 Å². The molecule has 0 fully saturated rings. The fraction of sp³-hybridized carbons (Fsp3) is 0.231. The van der Waals surface area contributed by atoms with E-state index in [1.165, 1.54) is 12.5 Å². The van der Waals surface area contributed by atoms with Crippen LogP contribution in [0, 0.1) is 0 Å². The fourth-order valence-electron chi connectivity index (χ4n) is 1.31. The lowest BCUT2D eigenvalue weighted by molar-refractivity contribution is -0.156. The highest BCUT2D eigenvalue weighted by atomic mass is 16.6. The number of hydrogen-bond donors (Lipinski definition) is 0. The van der Waals surface area contributed by atoms with Gasteiger partial charge in [0.05, 0.1) is 12.5 Å². The van der Waals surface area contributed by atoms with Crippen LogP contribution in [-0.4, -0.2) is 11.9 Å². The molecule has 6 nitrogen and oxygen atoms in total. The largest absolute Gasteiger partial charge is 0.466 e. The number of ether oxygens (including phenoxy) is 2. The first kappa shape index (κ1) is 12.9. The summed E-state index contributed by atoms with van der Waals surface area (Å²) in [5, 5.41) is 0. The zero-order valence-corrected chi connectivity index (χ0v) is 10.0. The molecule has 0 saturated heterocycles. The minimum atomic E-state index is -0.666. The summed E-state index contributed by atoms with van der Waals surface area (Å²) in [5.74, 6) is -0.309. The molecule has 0 aromatic carbocycles. The van der Waals surface area contributed by atoms with Crippen LogP contribution in [0.3, 0.4) is 0 Å². The van der Waals surface area contributed by atoms with E-state index in [1.807, 2.05) is 0 Å². The quantitative estimate of drug-likeness (QED) is 0.587. The number of carbonyl (C=O) groups is 2. The summed E-state index contributed by atoms with van der Waals surface area (Å²) in [6, 6.07) is 6.70. The number of hydrogen-bond acceptors (Lipinski definition) is 6. The lowest BCUT2D eigenvalue weighted by atomic mass is 10.4. The molecule has 0 amide bonds. The van der Waals surface area contributed by atoms with Crippen molar-refractivity contribution in [1.82, 2.24) is 0 Å². The second kappa shape index (κ2) is 6.44. The first-order valence-electron chi connectivity index (χ1n) is 5.60. The highest BCUT2D eigenvalue weighted by Gasteiger charge is 2.13. The van der Waals surface area contributed by atoms with Gasteiger partial charge in [-0.1, -0.05) is 0 Å². The second-order valence-electron chi connectivity index (χ2n) is 3.66. The van der Waals surface area contributed by atoms with Crippen molar-refractivity contribution in [2.24, 2.45) is 0 Å². The smallest absolute Gasteiger partial charge is 0.317 e. The van der Waals surface area contributed by atoms with Crippen LogP contribution in [0.25, 0.3) is 0 Å². The van der Waals surface area contributed by atoms with E-state index in [4.69, 9.17) is 18.3 Å². The molecular formula is C13H12O6. The molecule has 0 unspecified atom stereocenters. The third-order valence-electron chi connectivity index (χ3n) is 2.20. The van der Waals surface area contributed by atoms with E-state index in [0.717, 1.165) is 0 Å². The molecule has 100 valence electrons. The van der Waals surface area contributed by atoms with E-state index in [9.17, 15) is 9.59 Å².